The smallest absolute Gasteiger partial charge is 0.178 e. The number of ketones is 1. The summed E-state index contributed by atoms with van der Waals surface area (Å²) in [5.41, 5.74) is 2.44. The lowest BCUT2D eigenvalue weighted by molar-refractivity contribution is 0.0781. The van der Waals surface area contributed by atoms with Crippen LogP contribution in [0.5, 0.6) is 17.2 Å². The first kappa shape index (κ1) is 17.2. The summed E-state index contributed by atoms with van der Waals surface area (Å²) < 4.78 is 16.8. The summed E-state index contributed by atoms with van der Waals surface area (Å²) in [6.07, 6.45) is -0.410. The third kappa shape index (κ3) is 3.14. The van der Waals surface area contributed by atoms with Crippen LogP contribution in [-0.2, 0) is 0 Å². The van der Waals surface area contributed by atoms with Gasteiger partial charge in [0.15, 0.2) is 5.78 Å². The molecule has 4 rings (SSSR count). The molecule has 0 N–H and O–H groups in total. The second-order valence-corrected chi connectivity index (χ2v) is 6.42. The van der Waals surface area contributed by atoms with Gasteiger partial charge in [0.1, 0.15) is 23.4 Å². The van der Waals surface area contributed by atoms with E-state index in [1.807, 2.05) is 72.8 Å². The number of carbonyl (C=O) groups is 1. The van der Waals surface area contributed by atoms with Crippen molar-refractivity contribution in [2.24, 2.45) is 0 Å². The van der Waals surface area contributed by atoms with Gasteiger partial charge in [-0.25, -0.2) is 0 Å². The van der Waals surface area contributed by atoms with Gasteiger partial charge in [0.05, 0.1) is 25.7 Å². The first-order valence-corrected chi connectivity index (χ1v) is 8.79. The van der Waals surface area contributed by atoms with Crippen LogP contribution >= 0.6 is 0 Å². The van der Waals surface area contributed by atoms with Crippen molar-refractivity contribution >= 4 is 5.78 Å². The van der Waals surface area contributed by atoms with E-state index < -0.39 is 12.0 Å². The first-order chi connectivity index (χ1) is 13.2. The molecule has 1 heterocycles. The van der Waals surface area contributed by atoms with Crippen LogP contribution in [-0.4, -0.2) is 20.0 Å². The third-order valence-electron chi connectivity index (χ3n) is 4.91. The molecule has 0 aromatic heterocycles. The van der Waals surface area contributed by atoms with Crippen molar-refractivity contribution in [2.75, 3.05) is 14.2 Å². The molecule has 0 bridgehead atoms. The molecule has 136 valence electrons. The molecule has 3 aromatic carbocycles. The number of para-hydroxylation sites is 1. The molecule has 0 spiro atoms. The third-order valence-corrected chi connectivity index (χ3v) is 4.91. The van der Waals surface area contributed by atoms with Crippen molar-refractivity contribution in [3.63, 3.8) is 0 Å². The zero-order valence-corrected chi connectivity index (χ0v) is 15.2. The minimum absolute atomic E-state index is 0.0582. The second kappa shape index (κ2) is 7.16. The van der Waals surface area contributed by atoms with Gasteiger partial charge in [0.2, 0.25) is 0 Å². The van der Waals surface area contributed by atoms with Gasteiger partial charge in [0, 0.05) is 0 Å². The van der Waals surface area contributed by atoms with Crippen LogP contribution in [0.4, 0.5) is 0 Å². The van der Waals surface area contributed by atoms with Crippen molar-refractivity contribution < 1.29 is 19.0 Å². The number of Topliss-reactive ketones (excluding diaryl/α,β-unsaturated/α-hetero) is 1. The van der Waals surface area contributed by atoms with Crippen molar-refractivity contribution in [1.29, 1.82) is 0 Å². The molecule has 4 heteroatoms. The molecule has 0 aliphatic carbocycles. The molecule has 1 aliphatic rings. The van der Waals surface area contributed by atoms with Crippen LogP contribution in [0.2, 0.25) is 0 Å². The molecule has 0 saturated heterocycles. The van der Waals surface area contributed by atoms with E-state index in [9.17, 15) is 4.79 Å². The number of benzene rings is 3. The average Bonchev–Trinajstić information content (AvgIpc) is 2.74. The maximum atomic E-state index is 13.3. The van der Waals surface area contributed by atoms with Crippen LogP contribution in [0.1, 0.15) is 33.5 Å². The maximum Gasteiger partial charge on any atom is 0.178 e. The largest absolute Gasteiger partial charge is 0.497 e. The Bertz CT molecular complexity index is 945. The molecule has 0 unspecified atom stereocenters. The monoisotopic (exact) mass is 360 g/mol. The highest BCUT2D eigenvalue weighted by atomic mass is 16.5. The number of carbonyl (C=O) groups excluding carboxylic acids is 1. The van der Waals surface area contributed by atoms with Gasteiger partial charge in [-0.05, 0) is 47.5 Å². The van der Waals surface area contributed by atoms with Crippen LogP contribution in [0.15, 0.2) is 72.8 Å². The van der Waals surface area contributed by atoms with E-state index in [4.69, 9.17) is 14.2 Å². The molecule has 4 nitrogen and oxygen atoms in total. The number of ether oxygens (including phenoxy) is 3. The van der Waals surface area contributed by atoms with E-state index in [-0.39, 0.29) is 5.78 Å². The summed E-state index contributed by atoms with van der Waals surface area (Å²) >= 11 is 0. The zero-order chi connectivity index (χ0) is 18.8. The van der Waals surface area contributed by atoms with E-state index in [1.54, 1.807) is 14.2 Å². The molecular formula is C23H20O4. The van der Waals surface area contributed by atoms with Crippen molar-refractivity contribution in [2.45, 2.75) is 12.0 Å². The Morgan fingerprint density at radius 1 is 0.741 bits per heavy atom. The van der Waals surface area contributed by atoms with Gasteiger partial charge in [-0.15, -0.1) is 0 Å². The molecule has 0 amide bonds. The van der Waals surface area contributed by atoms with Gasteiger partial charge >= 0.3 is 0 Å². The predicted octanol–water partition coefficient (Wildman–Crippen LogP) is 4.80. The quantitative estimate of drug-likeness (QED) is 0.670. The van der Waals surface area contributed by atoms with E-state index in [1.165, 1.54) is 0 Å². The van der Waals surface area contributed by atoms with Crippen molar-refractivity contribution in [3.05, 3.63) is 89.5 Å². The second-order valence-electron chi connectivity index (χ2n) is 6.42. The highest BCUT2D eigenvalue weighted by molar-refractivity contribution is 6.04. The van der Waals surface area contributed by atoms with E-state index >= 15 is 0 Å². The summed E-state index contributed by atoms with van der Waals surface area (Å²) in [7, 11) is 3.26. The van der Waals surface area contributed by atoms with Crippen molar-refractivity contribution in [3.8, 4) is 17.2 Å². The van der Waals surface area contributed by atoms with Crippen molar-refractivity contribution in [1.82, 2.24) is 0 Å². The Labute approximate surface area is 158 Å². The average molecular weight is 360 g/mol. The van der Waals surface area contributed by atoms with Crippen LogP contribution in [0.3, 0.4) is 0 Å². The van der Waals surface area contributed by atoms with Gasteiger partial charge in [-0.3, -0.25) is 4.79 Å². The summed E-state index contributed by atoms with van der Waals surface area (Å²) in [4.78, 5) is 13.3. The SMILES string of the molecule is COc1ccc([C@H]2Oc3ccccc3C(=O)[C@@H]2c2ccc(OC)cc2)cc1. The number of hydrogen-bond acceptors (Lipinski definition) is 4. The Morgan fingerprint density at radius 2 is 1.30 bits per heavy atom. The highest BCUT2D eigenvalue weighted by Crippen LogP contribution is 2.44. The Kier molecular flexibility index (Phi) is 4.55. The van der Waals surface area contributed by atoms with Crippen LogP contribution < -0.4 is 14.2 Å². The summed E-state index contributed by atoms with van der Waals surface area (Å²) in [5, 5.41) is 0. The topological polar surface area (TPSA) is 44.8 Å². The summed E-state index contributed by atoms with van der Waals surface area (Å²) in [5.74, 6) is 1.77. The Balaban J connectivity index is 1.80. The fourth-order valence-corrected chi connectivity index (χ4v) is 3.47. The molecule has 2 atom stereocenters. The molecule has 27 heavy (non-hydrogen) atoms. The molecule has 3 aromatic rings. The number of fused-ring (bicyclic) bond motifs is 1. The molecule has 0 saturated carbocycles. The molecule has 0 fully saturated rings. The first-order valence-electron chi connectivity index (χ1n) is 8.79. The fourth-order valence-electron chi connectivity index (χ4n) is 3.47. The van der Waals surface area contributed by atoms with E-state index in [0.29, 0.717) is 11.3 Å². The Morgan fingerprint density at radius 3 is 1.89 bits per heavy atom. The normalized spacial score (nSPS) is 18.4. The molecule has 0 radical (unpaired) electrons. The minimum Gasteiger partial charge on any atom is -0.497 e. The molecule has 1 aliphatic heterocycles. The fraction of sp³-hybridized carbons (Fsp3) is 0.174. The Hall–Kier alpha value is -3.27. The zero-order valence-electron chi connectivity index (χ0n) is 15.2. The molecular weight excluding hydrogens is 340 g/mol. The lowest BCUT2D eigenvalue weighted by Crippen LogP contribution is -2.30. The highest BCUT2D eigenvalue weighted by Gasteiger charge is 2.39. The maximum absolute atomic E-state index is 13.3. The van der Waals surface area contributed by atoms with Gasteiger partial charge < -0.3 is 14.2 Å². The van der Waals surface area contributed by atoms with E-state index in [0.717, 1.165) is 22.6 Å². The number of hydrogen-bond donors (Lipinski definition) is 0. The van der Waals surface area contributed by atoms with E-state index in [2.05, 4.69) is 0 Å². The van der Waals surface area contributed by atoms with Gasteiger partial charge in [0.25, 0.3) is 0 Å². The number of rotatable bonds is 4. The predicted molar refractivity (Wildman–Crippen MR) is 103 cm³/mol. The number of methoxy groups -OCH3 is 2. The van der Waals surface area contributed by atoms with Crippen LogP contribution in [0, 0.1) is 0 Å². The standard InChI is InChI=1S/C23H20O4/c1-25-17-11-7-15(8-12-17)21-22(24)19-5-3-4-6-20(19)27-23(21)16-9-13-18(26-2)14-10-16/h3-14,21,23H,1-2H3/t21-,23+/m0/s1. The summed E-state index contributed by atoms with van der Waals surface area (Å²) in [6.45, 7) is 0. The minimum atomic E-state index is -0.431. The van der Waals surface area contributed by atoms with Gasteiger partial charge in [-0.1, -0.05) is 36.4 Å². The lowest BCUT2D eigenvalue weighted by atomic mass is 9.81. The van der Waals surface area contributed by atoms with Crippen LogP contribution in [0.25, 0.3) is 0 Å². The van der Waals surface area contributed by atoms with Gasteiger partial charge in [-0.2, -0.15) is 0 Å². The summed E-state index contributed by atoms with van der Waals surface area (Å²) in [6, 6.07) is 22.6. The lowest BCUT2D eigenvalue weighted by Gasteiger charge is -2.33.